The number of ether oxygens (including phenoxy) is 1. The second kappa shape index (κ2) is 9.42. The van der Waals surface area contributed by atoms with Crippen LogP contribution in [-0.4, -0.2) is 24.7 Å². The van der Waals surface area contributed by atoms with Crippen LogP contribution in [0.15, 0.2) is 66.7 Å². The predicted octanol–water partition coefficient (Wildman–Crippen LogP) is 4.74. The van der Waals surface area contributed by atoms with Crippen molar-refractivity contribution in [3.05, 3.63) is 83.4 Å². The van der Waals surface area contributed by atoms with Crippen molar-refractivity contribution in [1.29, 1.82) is 0 Å². The summed E-state index contributed by atoms with van der Waals surface area (Å²) < 4.78 is 4.74. The maximum Gasteiger partial charge on any atom is 0.337 e. The van der Waals surface area contributed by atoms with Crippen LogP contribution in [0.5, 0.6) is 0 Å². The fraction of sp³-hybridized carbons (Fsp3) is 0.217. The van der Waals surface area contributed by atoms with E-state index in [1.54, 1.807) is 12.1 Å². The summed E-state index contributed by atoms with van der Waals surface area (Å²) in [6, 6.07) is 21.7. The van der Waals surface area contributed by atoms with Crippen molar-refractivity contribution in [2.75, 3.05) is 12.9 Å². The summed E-state index contributed by atoms with van der Waals surface area (Å²) in [4.78, 5) is 23.9. The van der Waals surface area contributed by atoms with Crippen LogP contribution >= 0.6 is 11.8 Å². The first kappa shape index (κ1) is 20.0. The van der Waals surface area contributed by atoms with E-state index in [4.69, 9.17) is 4.74 Å². The number of esters is 1. The van der Waals surface area contributed by atoms with Gasteiger partial charge in [0.2, 0.25) is 5.91 Å². The minimum atomic E-state index is -0.353. The van der Waals surface area contributed by atoms with Gasteiger partial charge in [-0.1, -0.05) is 48.5 Å². The molecule has 3 aromatic carbocycles. The SMILES string of the molecule is COC(=O)c1cccc(CSCC(=O)NC(C)c2ccc3ccccc3c2)c1. The van der Waals surface area contributed by atoms with Crippen LogP contribution in [0.3, 0.4) is 0 Å². The quantitative estimate of drug-likeness (QED) is 0.589. The Kier molecular flexibility index (Phi) is 6.71. The fourth-order valence-electron chi connectivity index (χ4n) is 3.01. The largest absolute Gasteiger partial charge is 0.465 e. The molecule has 0 spiro atoms. The average Bonchev–Trinajstić information content (AvgIpc) is 2.73. The summed E-state index contributed by atoms with van der Waals surface area (Å²) in [5.74, 6) is 0.659. The van der Waals surface area contributed by atoms with Gasteiger partial charge in [0.15, 0.2) is 0 Å². The van der Waals surface area contributed by atoms with Crippen molar-refractivity contribution in [3.8, 4) is 0 Å². The van der Waals surface area contributed by atoms with Gasteiger partial charge in [0.25, 0.3) is 0 Å². The maximum absolute atomic E-state index is 12.3. The lowest BCUT2D eigenvalue weighted by molar-refractivity contribution is -0.119. The number of amides is 1. The lowest BCUT2D eigenvalue weighted by atomic mass is 10.0. The molecule has 1 atom stereocenters. The van der Waals surface area contributed by atoms with E-state index in [0.717, 1.165) is 11.1 Å². The number of nitrogens with one attached hydrogen (secondary N) is 1. The van der Waals surface area contributed by atoms with Crippen molar-refractivity contribution in [1.82, 2.24) is 5.32 Å². The minimum Gasteiger partial charge on any atom is -0.465 e. The van der Waals surface area contributed by atoms with Gasteiger partial charge in [0.1, 0.15) is 0 Å². The zero-order valence-corrected chi connectivity index (χ0v) is 16.8. The van der Waals surface area contributed by atoms with Gasteiger partial charge >= 0.3 is 5.97 Å². The third-order valence-corrected chi connectivity index (χ3v) is 5.50. The Morgan fingerprint density at radius 1 is 1.00 bits per heavy atom. The van der Waals surface area contributed by atoms with Crippen LogP contribution in [0.1, 0.15) is 34.5 Å². The van der Waals surface area contributed by atoms with E-state index in [1.165, 1.54) is 29.6 Å². The molecule has 0 saturated heterocycles. The molecule has 1 unspecified atom stereocenters. The molecule has 0 radical (unpaired) electrons. The molecule has 1 N–H and O–H groups in total. The lowest BCUT2D eigenvalue weighted by Crippen LogP contribution is -2.28. The highest BCUT2D eigenvalue weighted by atomic mass is 32.2. The van der Waals surface area contributed by atoms with Crippen LogP contribution < -0.4 is 5.32 Å². The van der Waals surface area contributed by atoms with Crippen LogP contribution in [0.4, 0.5) is 0 Å². The van der Waals surface area contributed by atoms with Gasteiger partial charge in [-0.15, -0.1) is 11.8 Å². The van der Waals surface area contributed by atoms with Gasteiger partial charge in [-0.05, 0) is 47.0 Å². The summed E-state index contributed by atoms with van der Waals surface area (Å²) in [5.41, 5.74) is 2.60. The Morgan fingerprint density at radius 2 is 1.79 bits per heavy atom. The zero-order valence-electron chi connectivity index (χ0n) is 16.0. The van der Waals surface area contributed by atoms with E-state index in [0.29, 0.717) is 17.1 Å². The van der Waals surface area contributed by atoms with E-state index < -0.39 is 0 Å². The Hall–Kier alpha value is -2.79. The third kappa shape index (κ3) is 5.14. The molecule has 1 amide bonds. The number of fused-ring (bicyclic) bond motifs is 1. The van der Waals surface area contributed by atoms with Crippen LogP contribution in [0, 0.1) is 0 Å². The molecule has 0 bridgehead atoms. The maximum atomic E-state index is 12.3. The zero-order chi connectivity index (χ0) is 19.9. The number of thioether (sulfide) groups is 1. The molecule has 0 aromatic heterocycles. The molecule has 0 heterocycles. The molecule has 0 saturated carbocycles. The summed E-state index contributed by atoms with van der Waals surface area (Å²) in [6.07, 6.45) is 0. The molecule has 0 aliphatic heterocycles. The fourth-order valence-corrected chi connectivity index (χ4v) is 3.80. The van der Waals surface area contributed by atoms with Crippen LogP contribution in [0.2, 0.25) is 0 Å². The molecular weight excluding hydrogens is 370 g/mol. The number of methoxy groups -OCH3 is 1. The number of hydrogen-bond acceptors (Lipinski definition) is 4. The van der Waals surface area contributed by atoms with Crippen LogP contribution in [0.25, 0.3) is 10.8 Å². The number of benzene rings is 3. The Labute approximate surface area is 169 Å². The summed E-state index contributed by atoms with van der Waals surface area (Å²) in [6.45, 7) is 1.99. The second-order valence-electron chi connectivity index (χ2n) is 6.58. The Balaban J connectivity index is 1.51. The number of carbonyl (C=O) groups excluding carboxylic acids is 2. The molecule has 0 aliphatic rings. The van der Waals surface area contributed by atoms with E-state index in [1.807, 2.05) is 31.2 Å². The van der Waals surface area contributed by atoms with E-state index in [2.05, 4.69) is 35.6 Å². The highest BCUT2D eigenvalue weighted by Crippen LogP contribution is 2.21. The molecule has 4 nitrogen and oxygen atoms in total. The summed E-state index contributed by atoms with van der Waals surface area (Å²) in [5, 5.41) is 5.41. The highest BCUT2D eigenvalue weighted by Gasteiger charge is 2.11. The highest BCUT2D eigenvalue weighted by molar-refractivity contribution is 7.99. The van der Waals surface area contributed by atoms with Crippen molar-refractivity contribution in [3.63, 3.8) is 0 Å². The molecule has 3 aromatic rings. The molecule has 3 rings (SSSR count). The number of hydrogen-bond donors (Lipinski definition) is 1. The molecule has 28 heavy (non-hydrogen) atoms. The Morgan fingerprint density at radius 3 is 2.57 bits per heavy atom. The topological polar surface area (TPSA) is 55.4 Å². The third-order valence-electron chi connectivity index (χ3n) is 4.50. The van der Waals surface area contributed by atoms with Gasteiger partial charge in [0.05, 0.1) is 24.5 Å². The van der Waals surface area contributed by atoms with Gasteiger partial charge in [-0.25, -0.2) is 4.79 Å². The lowest BCUT2D eigenvalue weighted by Gasteiger charge is -2.15. The standard InChI is InChI=1S/C23H23NO3S/c1-16(19-11-10-18-7-3-4-8-20(18)13-19)24-22(25)15-28-14-17-6-5-9-21(12-17)23(26)27-2/h3-13,16H,14-15H2,1-2H3,(H,24,25). The van der Waals surface area contributed by atoms with E-state index in [9.17, 15) is 9.59 Å². The van der Waals surface area contributed by atoms with Crippen molar-refractivity contribution >= 4 is 34.4 Å². The first-order chi connectivity index (χ1) is 13.6. The van der Waals surface area contributed by atoms with Gasteiger partial charge in [-0.2, -0.15) is 0 Å². The second-order valence-corrected chi connectivity index (χ2v) is 7.57. The minimum absolute atomic E-state index is 0.00483. The monoisotopic (exact) mass is 393 g/mol. The number of rotatable bonds is 7. The Bertz CT molecular complexity index is 986. The first-order valence-electron chi connectivity index (χ1n) is 9.10. The van der Waals surface area contributed by atoms with Gasteiger partial charge in [-0.3, -0.25) is 4.79 Å². The molecule has 0 aliphatic carbocycles. The van der Waals surface area contributed by atoms with Crippen LogP contribution in [-0.2, 0) is 15.3 Å². The molecule has 0 fully saturated rings. The molecule has 5 heteroatoms. The van der Waals surface area contributed by atoms with Gasteiger partial charge < -0.3 is 10.1 Å². The molecular formula is C23H23NO3S. The van der Waals surface area contributed by atoms with Crippen molar-refractivity contribution in [2.45, 2.75) is 18.7 Å². The van der Waals surface area contributed by atoms with E-state index in [-0.39, 0.29) is 17.9 Å². The predicted molar refractivity (Wildman–Crippen MR) is 114 cm³/mol. The first-order valence-corrected chi connectivity index (χ1v) is 10.3. The smallest absolute Gasteiger partial charge is 0.337 e. The normalized spacial score (nSPS) is 11.8. The van der Waals surface area contributed by atoms with Gasteiger partial charge in [0, 0.05) is 5.75 Å². The summed E-state index contributed by atoms with van der Waals surface area (Å²) in [7, 11) is 1.37. The number of carbonyl (C=O) groups is 2. The van der Waals surface area contributed by atoms with Crippen molar-refractivity contribution in [2.24, 2.45) is 0 Å². The molecule has 144 valence electrons. The van der Waals surface area contributed by atoms with E-state index >= 15 is 0 Å². The average molecular weight is 394 g/mol. The summed E-state index contributed by atoms with van der Waals surface area (Å²) >= 11 is 1.52. The van der Waals surface area contributed by atoms with Crippen molar-refractivity contribution < 1.29 is 14.3 Å².